The van der Waals surface area contributed by atoms with Crippen LogP contribution in [0.1, 0.15) is 59.6 Å². The molecule has 1 aromatic rings. The maximum absolute atomic E-state index is 13.1. The molecule has 1 aromatic carbocycles. The van der Waals surface area contributed by atoms with E-state index in [1.54, 1.807) is 25.7 Å². The number of hydrogen-bond acceptors (Lipinski definition) is 4. The first kappa shape index (κ1) is 20.0. The normalized spacial score (nSPS) is 18.0. The van der Waals surface area contributed by atoms with Gasteiger partial charge in [0.2, 0.25) is 0 Å². The van der Waals surface area contributed by atoms with Gasteiger partial charge in [0, 0.05) is 17.5 Å². The Morgan fingerprint density at radius 2 is 1.88 bits per heavy atom. The van der Waals surface area contributed by atoms with E-state index in [-0.39, 0.29) is 17.5 Å². The van der Waals surface area contributed by atoms with Crippen LogP contribution < -0.4 is 4.74 Å². The van der Waals surface area contributed by atoms with Crippen molar-refractivity contribution < 1.29 is 19.4 Å². The number of Topliss-reactive ketones (excluding diaryl/α,β-unsaturated/α-hetero) is 1. The molecule has 26 heavy (non-hydrogen) atoms. The summed E-state index contributed by atoms with van der Waals surface area (Å²) < 4.78 is 5.91. The Hall–Kier alpha value is -2.30. The number of para-hydroxylation sites is 1. The summed E-state index contributed by atoms with van der Waals surface area (Å²) in [7, 11) is 0. The molecule has 0 saturated carbocycles. The standard InChI is InChI=1S/C21H29NO4/c1-7-12-22-17(14-10-8-9-11-15(14)26-13(2)3)16(18(23)20(22)25)19(24)21(4,5)6/h8-11,13,17,23H,7,12H2,1-6H3. The molecule has 0 saturated heterocycles. The molecule has 5 nitrogen and oxygen atoms in total. The minimum Gasteiger partial charge on any atom is -0.503 e. The second-order valence-electron chi connectivity index (χ2n) is 7.95. The van der Waals surface area contributed by atoms with E-state index in [2.05, 4.69) is 0 Å². The van der Waals surface area contributed by atoms with Crippen molar-refractivity contribution in [1.29, 1.82) is 0 Å². The molecular weight excluding hydrogens is 330 g/mol. The second-order valence-corrected chi connectivity index (χ2v) is 7.95. The molecule has 0 spiro atoms. The fourth-order valence-corrected chi connectivity index (χ4v) is 3.15. The first-order chi connectivity index (χ1) is 12.1. The minimum absolute atomic E-state index is 0.0489. The number of carbonyl (C=O) groups excluding carboxylic acids is 2. The van der Waals surface area contributed by atoms with Crippen molar-refractivity contribution in [1.82, 2.24) is 4.90 Å². The van der Waals surface area contributed by atoms with Crippen LogP contribution in [0.15, 0.2) is 35.6 Å². The molecule has 1 heterocycles. The van der Waals surface area contributed by atoms with Crippen LogP contribution in [0.5, 0.6) is 5.75 Å². The van der Waals surface area contributed by atoms with Crippen molar-refractivity contribution in [2.75, 3.05) is 6.54 Å². The van der Waals surface area contributed by atoms with E-state index in [0.29, 0.717) is 12.3 Å². The van der Waals surface area contributed by atoms with Gasteiger partial charge in [-0.05, 0) is 26.3 Å². The van der Waals surface area contributed by atoms with Crippen LogP contribution in [0.25, 0.3) is 0 Å². The van der Waals surface area contributed by atoms with E-state index >= 15 is 0 Å². The quantitative estimate of drug-likeness (QED) is 0.827. The molecule has 1 amide bonds. The van der Waals surface area contributed by atoms with Crippen LogP contribution in [0, 0.1) is 5.41 Å². The predicted molar refractivity (Wildman–Crippen MR) is 101 cm³/mol. The third kappa shape index (κ3) is 3.76. The number of amides is 1. The van der Waals surface area contributed by atoms with Crippen molar-refractivity contribution in [3.05, 3.63) is 41.2 Å². The summed E-state index contributed by atoms with van der Waals surface area (Å²) in [5.41, 5.74) is 0.174. The number of aliphatic hydroxyl groups excluding tert-OH is 1. The van der Waals surface area contributed by atoms with Gasteiger partial charge in [-0.25, -0.2) is 0 Å². The summed E-state index contributed by atoms with van der Waals surface area (Å²) >= 11 is 0. The Bertz CT molecular complexity index is 728. The molecule has 5 heteroatoms. The monoisotopic (exact) mass is 359 g/mol. The van der Waals surface area contributed by atoms with Crippen LogP contribution in [0.4, 0.5) is 0 Å². The lowest BCUT2D eigenvalue weighted by molar-refractivity contribution is -0.129. The number of benzene rings is 1. The van der Waals surface area contributed by atoms with Gasteiger partial charge < -0.3 is 14.7 Å². The van der Waals surface area contributed by atoms with Gasteiger partial charge in [0.1, 0.15) is 5.75 Å². The van der Waals surface area contributed by atoms with Crippen molar-refractivity contribution in [3.63, 3.8) is 0 Å². The fraction of sp³-hybridized carbons (Fsp3) is 0.524. The molecule has 1 aliphatic rings. The predicted octanol–water partition coefficient (Wildman–Crippen LogP) is 4.19. The Labute approximate surface area is 155 Å². The minimum atomic E-state index is -0.710. The lowest BCUT2D eigenvalue weighted by atomic mass is 9.82. The highest BCUT2D eigenvalue weighted by molar-refractivity contribution is 6.10. The summed E-state index contributed by atoms with van der Waals surface area (Å²) in [6.45, 7) is 11.6. The maximum Gasteiger partial charge on any atom is 0.290 e. The first-order valence-electron chi connectivity index (χ1n) is 9.14. The third-order valence-electron chi connectivity index (χ3n) is 4.27. The number of rotatable bonds is 6. The van der Waals surface area contributed by atoms with Gasteiger partial charge in [-0.15, -0.1) is 0 Å². The summed E-state index contributed by atoms with van der Waals surface area (Å²) in [5.74, 6) is -0.548. The van der Waals surface area contributed by atoms with Gasteiger partial charge in [-0.3, -0.25) is 9.59 Å². The summed E-state index contributed by atoms with van der Waals surface area (Å²) in [5, 5.41) is 10.5. The average molecular weight is 359 g/mol. The highest BCUT2D eigenvalue weighted by atomic mass is 16.5. The van der Waals surface area contributed by atoms with E-state index in [1.165, 1.54) is 0 Å². The molecule has 1 atom stereocenters. The molecule has 1 unspecified atom stereocenters. The molecule has 0 bridgehead atoms. The molecule has 1 N–H and O–H groups in total. The summed E-state index contributed by atoms with van der Waals surface area (Å²) in [4.78, 5) is 27.3. The molecule has 142 valence electrons. The van der Waals surface area contributed by atoms with Crippen molar-refractivity contribution in [2.45, 2.75) is 60.1 Å². The lowest BCUT2D eigenvalue weighted by Crippen LogP contribution is -2.33. The van der Waals surface area contributed by atoms with Crippen LogP contribution >= 0.6 is 0 Å². The highest BCUT2D eigenvalue weighted by Crippen LogP contribution is 2.43. The number of ketones is 1. The molecule has 2 rings (SSSR count). The molecule has 0 fully saturated rings. The van der Waals surface area contributed by atoms with Gasteiger partial charge in [-0.2, -0.15) is 0 Å². The Morgan fingerprint density at radius 3 is 2.42 bits per heavy atom. The van der Waals surface area contributed by atoms with E-state index in [0.717, 1.165) is 12.0 Å². The number of hydrogen-bond donors (Lipinski definition) is 1. The first-order valence-corrected chi connectivity index (χ1v) is 9.14. The summed E-state index contributed by atoms with van der Waals surface area (Å²) in [6, 6.07) is 6.76. The molecular formula is C21H29NO4. The Morgan fingerprint density at radius 1 is 1.27 bits per heavy atom. The number of ether oxygens (including phenoxy) is 1. The van der Waals surface area contributed by atoms with Crippen molar-refractivity contribution in [3.8, 4) is 5.75 Å². The smallest absolute Gasteiger partial charge is 0.290 e. The number of carbonyl (C=O) groups is 2. The van der Waals surface area contributed by atoms with E-state index in [9.17, 15) is 14.7 Å². The van der Waals surface area contributed by atoms with Crippen LogP contribution in [-0.4, -0.2) is 34.3 Å². The lowest BCUT2D eigenvalue weighted by Gasteiger charge is -2.30. The fourth-order valence-electron chi connectivity index (χ4n) is 3.15. The van der Waals surface area contributed by atoms with Crippen LogP contribution in [0.2, 0.25) is 0 Å². The van der Waals surface area contributed by atoms with E-state index in [1.807, 2.05) is 45.0 Å². The summed E-state index contributed by atoms with van der Waals surface area (Å²) in [6.07, 6.45) is 0.673. The largest absolute Gasteiger partial charge is 0.503 e. The van der Waals surface area contributed by atoms with Gasteiger partial charge in [0.15, 0.2) is 11.5 Å². The van der Waals surface area contributed by atoms with Gasteiger partial charge in [0.25, 0.3) is 5.91 Å². The number of nitrogens with zero attached hydrogens (tertiary/aromatic N) is 1. The zero-order valence-electron chi connectivity index (χ0n) is 16.5. The van der Waals surface area contributed by atoms with Crippen LogP contribution in [0.3, 0.4) is 0 Å². The molecule has 1 aliphatic heterocycles. The van der Waals surface area contributed by atoms with Gasteiger partial charge in [-0.1, -0.05) is 45.9 Å². The van der Waals surface area contributed by atoms with Crippen molar-refractivity contribution in [2.24, 2.45) is 5.41 Å². The zero-order valence-corrected chi connectivity index (χ0v) is 16.5. The second kappa shape index (κ2) is 7.52. The maximum atomic E-state index is 13.1. The van der Waals surface area contributed by atoms with Crippen molar-refractivity contribution >= 4 is 11.7 Å². The Kier molecular flexibility index (Phi) is 5.79. The van der Waals surface area contributed by atoms with E-state index in [4.69, 9.17) is 4.74 Å². The van der Waals surface area contributed by atoms with Gasteiger partial charge in [0.05, 0.1) is 17.7 Å². The van der Waals surface area contributed by atoms with Crippen LogP contribution in [-0.2, 0) is 9.59 Å². The average Bonchev–Trinajstić information content (AvgIpc) is 2.78. The topological polar surface area (TPSA) is 66.8 Å². The number of aliphatic hydroxyl groups is 1. The Balaban J connectivity index is 2.64. The van der Waals surface area contributed by atoms with Gasteiger partial charge >= 0.3 is 0 Å². The molecule has 0 aliphatic carbocycles. The SMILES string of the molecule is CCCN1C(=O)C(O)=C(C(=O)C(C)(C)C)C1c1ccccc1OC(C)C. The van der Waals surface area contributed by atoms with E-state index < -0.39 is 23.1 Å². The zero-order chi connectivity index (χ0) is 19.6. The molecule has 0 radical (unpaired) electrons. The highest BCUT2D eigenvalue weighted by Gasteiger charge is 2.46. The molecule has 0 aromatic heterocycles. The third-order valence-corrected chi connectivity index (χ3v) is 4.27.